The quantitative estimate of drug-likeness (QED) is 0.835. The van der Waals surface area contributed by atoms with Gasteiger partial charge in [-0.2, -0.15) is 0 Å². The molecule has 2 N–H and O–H groups in total. The topological polar surface area (TPSA) is 52.0 Å². The Labute approximate surface area is 89.3 Å². The summed E-state index contributed by atoms with van der Waals surface area (Å²) < 4.78 is 5.54. The van der Waals surface area contributed by atoms with Crippen molar-refractivity contribution in [2.24, 2.45) is 5.73 Å². The minimum absolute atomic E-state index is 0.371. The zero-order valence-corrected chi connectivity index (χ0v) is 9.16. The molecule has 3 nitrogen and oxygen atoms in total. The number of aromatic nitrogens is 1. The molecule has 1 atom stereocenters. The lowest BCUT2D eigenvalue weighted by Gasteiger charge is -2.07. The molecule has 0 fully saturated rings. The molecule has 0 radical (unpaired) electrons. The van der Waals surface area contributed by atoms with Gasteiger partial charge in [0.2, 0.25) is 0 Å². The molecule has 0 aliphatic heterocycles. The molecule has 0 saturated carbocycles. The van der Waals surface area contributed by atoms with Crippen LogP contribution in [0.15, 0.2) is 22.6 Å². The van der Waals surface area contributed by atoms with Crippen LogP contribution in [0.3, 0.4) is 0 Å². The molecule has 1 unspecified atom stereocenters. The fraction of sp³-hybridized carbons (Fsp3) is 0.417. The summed E-state index contributed by atoms with van der Waals surface area (Å²) in [6.45, 7) is 4.81. The molecule has 1 aromatic carbocycles. The van der Waals surface area contributed by atoms with Gasteiger partial charge in [-0.25, -0.2) is 4.98 Å². The summed E-state index contributed by atoms with van der Waals surface area (Å²) in [4.78, 5) is 4.40. The van der Waals surface area contributed by atoms with E-state index in [4.69, 9.17) is 10.2 Å². The van der Waals surface area contributed by atoms with Crippen LogP contribution in [0.1, 0.15) is 31.2 Å². The highest BCUT2D eigenvalue weighted by Crippen LogP contribution is 2.21. The van der Waals surface area contributed by atoms with E-state index in [1.54, 1.807) is 0 Å². The first-order valence-electron chi connectivity index (χ1n) is 5.34. The molecule has 2 rings (SSSR count). The summed E-state index contributed by atoms with van der Waals surface area (Å²) in [6.07, 6.45) is 0.830. The van der Waals surface area contributed by atoms with Crippen LogP contribution < -0.4 is 5.73 Å². The smallest absolute Gasteiger partial charge is 0.195 e. The van der Waals surface area contributed by atoms with Crippen LogP contribution in [-0.4, -0.2) is 11.5 Å². The molecular formula is C12H16N2O. The summed E-state index contributed by atoms with van der Waals surface area (Å²) in [5.41, 5.74) is 8.65. The van der Waals surface area contributed by atoms with Crippen LogP contribution >= 0.6 is 0 Å². The monoisotopic (exact) mass is 204 g/mol. The third-order valence-corrected chi connectivity index (χ3v) is 2.68. The number of hydrogen-bond donors (Lipinski definition) is 1. The van der Waals surface area contributed by atoms with Gasteiger partial charge in [0, 0.05) is 6.42 Å². The third kappa shape index (κ3) is 1.88. The normalized spacial score (nSPS) is 13.3. The SMILES string of the molecule is CCc1nc2cc(C(C)CN)ccc2o1. The highest BCUT2D eigenvalue weighted by Gasteiger charge is 2.08. The number of benzene rings is 1. The van der Waals surface area contributed by atoms with E-state index in [2.05, 4.69) is 24.0 Å². The highest BCUT2D eigenvalue weighted by molar-refractivity contribution is 5.73. The van der Waals surface area contributed by atoms with E-state index in [-0.39, 0.29) is 0 Å². The first-order chi connectivity index (χ1) is 7.24. The Bertz CT molecular complexity index is 462. The first-order valence-corrected chi connectivity index (χ1v) is 5.34. The van der Waals surface area contributed by atoms with Crippen molar-refractivity contribution in [2.75, 3.05) is 6.54 Å². The second-order valence-electron chi connectivity index (χ2n) is 3.83. The predicted molar refractivity (Wildman–Crippen MR) is 60.9 cm³/mol. The van der Waals surface area contributed by atoms with Crippen molar-refractivity contribution in [1.29, 1.82) is 0 Å². The average molecular weight is 204 g/mol. The Balaban J connectivity index is 2.45. The fourth-order valence-corrected chi connectivity index (χ4v) is 1.59. The summed E-state index contributed by atoms with van der Waals surface area (Å²) in [6, 6.07) is 6.10. The number of oxazole rings is 1. The molecule has 0 spiro atoms. The van der Waals surface area contributed by atoms with Gasteiger partial charge in [-0.3, -0.25) is 0 Å². The van der Waals surface area contributed by atoms with Crippen molar-refractivity contribution in [3.8, 4) is 0 Å². The Morgan fingerprint density at radius 3 is 2.93 bits per heavy atom. The number of hydrogen-bond acceptors (Lipinski definition) is 3. The molecule has 0 amide bonds. The van der Waals surface area contributed by atoms with E-state index >= 15 is 0 Å². The van der Waals surface area contributed by atoms with E-state index in [0.717, 1.165) is 23.4 Å². The van der Waals surface area contributed by atoms with Crippen molar-refractivity contribution < 1.29 is 4.42 Å². The van der Waals surface area contributed by atoms with Crippen LogP contribution in [0, 0.1) is 0 Å². The molecule has 3 heteroatoms. The Hall–Kier alpha value is -1.35. The van der Waals surface area contributed by atoms with Gasteiger partial charge in [-0.1, -0.05) is 19.9 Å². The van der Waals surface area contributed by atoms with Crippen molar-refractivity contribution >= 4 is 11.1 Å². The maximum absolute atomic E-state index is 5.64. The van der Waals surface area contributed by atoms with Crippen LogP contribution in [-0.2, 0) is 6.42 Å². The van der Waals surface area contributed by atoms with Gasteiger partial charge in [-0.05, 0) is 30.2 Å². The van der Waals surface area contributed by atoms with Gasteiger partial charge >= 0.3 is 0 Å². The largest absolute Gasteiger partial charge is 0.441 e. The third-order valence-electron chi connectivity index (χ3n) is 2.68. The van der Waals surface area contributed by atoms with Crippen LogP contribution in [0.25, 0.3) is 11.1 Å². The Morgan fingerprint density at radius 2 is 2.27 bits per heavy atom. The van der Waals surface area contributed by atoms with Crippen LogP contribution in [0.4, 0.5) is 0 Å². The highest BCUT2D eigenvalue weighted by atomic mass is 16.3. The fourth-order valence-electron chi connectivity index (χ4n) is 1.59. The first kappa shape index (κ1) is 10.2. The maximum Gasteiger partial charge on any atom is 0.195 e. The number of aryl methyl sites for hydroxylation is 1. The summed E-state index contributed by atoms with van der Waals surface area (Å²) in [5.74, 6) is 1.17. The average Bonchev–Trinajstić information content (AvgIpc) is 2.69. The van der Waals surface area contributed by atoms with Crippen molar-refractivity contribution in [3.05, 3.63) is 29.7 Å². The maximum atomic E-state index is 5.64. The van der Waals surface area contributed by atoms with Gasteiger partial charge in [0.25, 0.3) is 0 Å². The minimum Gasteiger partial charge on any atom is -0.441 e. The molecule has 0 aliphatic rings. The molecule has 80 valence electrons. The van der Waals surface area contributed by atoms with E-state index in [9.17, 15) is 0 Å². The van der Waals surface area contributed by atoms with Gasteiger partial charge in [0.05, 0.1) is 0 Å². The Morgan fingerprint density at radius 1 is 1.47 bits per heavy atom. The van der Waals surface area contributed by atoms with Gasteiger partial charge in [0.1, 0.15) is 5.52 Å². The van der Waals surface area contributed by atoms with Crippen molar-refractivity contribution in [1.82, 2.24) is 4.98 Å². The molecule has 0 saturated heterocycles. The number of nitrogens with two attached hydrogens (primary N) is 1. The summed E-state index contributed by atoms with van der Waals surface area (Å²) in [5, 5.41) is 0. The minimum atomic E-state index is 0.371. The standard InChI is InChI=1S/C12H16N2O/c1-3-12-14-10-6-9(8(2)7-13)4-5-11(10)15-12/h4-6,8H,3,7,13H2,1-2H3. The van der Waals surface area contributed by atoms with Crippen LogP contribution in [0.2, 0.25) is 0 Å². The molecule has 1 heterocycles. The van der Waals surface area contributed by atoms with Gasteiger partial charge in [-0.15, -0.1) is 0 Å². The van der Waals surface area contributed by atoms with E-state index in [1.807, 2.05) is 13.0 Å². The van der Waals surface area contributed by atoms with Gasteiger partial charge in [0.15, 0.2) is 11.5 Å². The lowest BCUT2D eigenvalue weighted by atomic mass is 10.0. The number of fused-ring (bicyclic) bond motifs is 1. The molecular weight excluding hydrogens is 188 g/mol. The van der Waals surface area contributed by atoms with E-state index < -0.39 is 0 Å². The summed E-state index contributed by atoms with van der Waals surface area (Å²) >= 11 is 0. The van der Waals surface area contributed by atoms with E-state index in [1.165, 1.54) is 5.56 Å². The zero-order chi connectivity index (χ0) is 10.8. The Kier molecular flexibility index (Phi) is 2.73. The molecule has 0 aliphatic carbocycles. The summed E-state index contributed by atoms with van der Waals surface area (Å²) in [7, 11) is 0. The lowest BCUT2D eigenvalue weighted by Crippen LogP contribution is -2.08. The van der Waals surface area contributed by atoms with E-state index in [0.29, 0.717) is 12.5 Å². The molecule has 2 aromatic rings. The number of rotatable bonds is 3. The predicted octanol–water partition coefficient (Wildman–Crippen LogP) is 2.45. The van der Waals surface area contributed by atoms with Crippen LogP contribution in [0.5, 0.6) is 0 Å². The molecule has 1 aromatic heterocycles. The number of nitrogens with zero attached hydrogens (tertiary/aromatic N) is 1. The second kappa shape index (κ2) is 4.03. The second-order valence-corrected chi connectivity index (χ2v) is 3.83. The van der Waals surface area contributed by atoms with Crippen molar-refractivity contribution in [3.63, 3.8) is 0 Å². The zero-order valence-electron chi connectivity index (χ0n) is 9.16. The van der Waals surface area contributed by atoms with Gasteiger partial charge < -0.3 is 10.2 Å². The molecule has 15 heavy (non-hydrogen) atoms. The molecule has 0 bridgehead atoms. The lowest BCUT2D eigenvalue weighted by molar-refractivity contribution is 0.538. The van der Waals surface area contributed by atoms with Crippen molar-refractivity contribution in [2.45, 2.75) is 26.2 Å².